The molecule has 2 fully saturated rings. The molecule has 6 rings (SSSR count). The number of nitrogens with one attached hydrogen (secondary N) is 2. The molecule has 3 aromatic heterocycles. The van der Waals surface area contributed by atoms with Gasteiger partial charge in [-0.2, -0.15) is 0 Å². The zero-order valence-electron chi connectivity index (χ0n) is 20.2. The predicted octanol–water partition coefficient (Wildman–Crippen LogP) is 5.09. The molecule has 2 N–H and O–H groups in total. The molecule has 0 spiro atoms. The van der Waals surface area contributed by atoms with E-state index in [9.17, 15) is 4.39 Å². The molecular formula is C28H31FN6O. The molecule has 2 aliphatic rings. The number of hydrogen-bond donors (Lipinski definition) is 2. The van der Waals surface area contributed by atoms with E-state index in [0.29, 0.717) is 23.7 Å². The van der Waals surface area contributed by atoms with Crippen LogP contribution >= 0.6 is 0 Å². The average Bonchev–Trinajstić information content (AvgIpc) is 3.35. The number of aromatic nitrogens is 4. The van der Waals surface area contributed by atoms with Crippen molar-refractivity contribution in [2.24, 2.45) is 0 Å². The van der Waals surface area contributed by atoms with Gasteiger partial charge in [-0.15, -0.1) is 0 Å². The Balaban J connectivity index is 1.17. The van der Waals surface area contributed by atoms with E-state index >= 15 is 0 Å². The van der Waals surface area contributed by atoms with Gasteiger partial charge in [-0.05, 0) is 61.8 Å². The molecule has 186 valence electrons. The topological polar surface area (TPSA) is 76.4 Å². The first-order valence-corrected chi connectivity index (χ1v) is 12.9. The molecule has 1 saturated carbocycles. The van der Waals surface area contributed by atoms with Crippen molar-refractivity contribution in [2.45, 2.75) is 56.7 Å². The molecule has 4 heterocycles. The van der Waals surface area contributed by atoms with E-state index in [1.807, 2.05) is 40.9 Å². The lowest BCUT2D eigenvalue weighted by molar-refractivity contribution is 0.0730. The Labute approximate surface area is 210 Å². The molecule has 1 aliphatic carbocycles. The maximum absolute atomic E-state index is 14.9. The molecule has 4 aromatic rings. The van der Waals surface area contributed by atoms with Crippen LogP contribution in [-0.4, -0.2) is 50.7 Å². The number of fused-ring (bicyclic) bond motifs is 1. The van der Waals surface area contributed by atoms with E-state index in [2.05, 4.69) is 37.7 Å². The highest BCUT2D eigenvalue weighted by Crippen LogP contribution is 2.27. The maximum atomic E-state index is 14.9. The van der Waals surface area contributed by atoms with Crippen LogP contribution in [0.5, 0.6) is 0 Å². The molecule has 0 atom stereocenters. The third-order valence-corrected chi connectivity index (χ3v) is 7.35. The van der Waals surface area contributed by atoms with E-state index in [1.165, 1.54) is 6.20 Å². The number of benzene rings is 1. The van der Waals surface area contributed by atoms with Crippen LogP contribution in [0.25, 0.3) is 28.2 Å². The molecule has 0 radical (unpaired) electrons. The first-order chi connectivity index (χ1) is 17.7. The zero-order chi connectivity index (χ0) is 24.3. The second-order valence-electron chi connectivity index (χ2n) is 9.79. The van der Waals surface area contributed by atoms with Crippen molar-refractivity contribution in [1.29, 1.82) is 0 Å². The van der Waals surface area contributed by atoms with Crippen LogP contribution in [0.2, 0.25) is 0 Å². The van der Waals surface area contributed by atoms with Gasteiger partial charge in [-0.1, -0.05) is 30.3 Å². The van der Waals surface area contributed by atoms with Gasteiger partial charge in [-0.25, -0.2) is 19.3 Å². The third-order valence-electron chi connectivity index (χ3n) is 7.35. The van der Waals surface area contributed by atoms with Crippen molar-refractivity contribution >= 4 is 11.6 Å². The van der Waals surface area contributed by atoms with Gasteiger partial charge < -0.3 is 15.4 Å². The average molecular weight is 487 g/mol. The van der Waals surface area contributed by atoms with E-state index in [4.69, 9.17) is 4.74 Å². The zero-order valence-corrected chi connectivity index (χ0v) is 20.2. The van der Waals surface area contributed by atoms with Crippen molar-refractivity contribution in [3.05, 3.63) is 66.9 Å². The summed E-state index contributed by atoms with van der Waals surface area (Å²) in [5.41, 5.74) is 3.72. The summed E-state index contributed by atoms with van der Waals surface area (Å²) in [6, 6.07) is 15.5. The van der Waals surface area contributed by atoms with Gasteiger partial charge in [-0.3, -0.25) is 4.40 Å². The van der Waals surface area contributed by atoms with Crippen LogP contribution in [0, 0.1) is 5.82 Å². The fourth-order valence-electron chi connectivity index (χ4n) is 5.36. The highest BCUT2D eigenvalue weighted by molar-refractivity contribution is 5.68. The van der Waals surface area contributed by atoms with Gasteiger partial charge in [0.1, 0.15) is 11.3 Å². The van der Waals surface area contributed by atoms with Crippen LogP contribution in [0.3, 0.4) is 0 Å². The first-order valence-electron chi connectivity index (χ1n) is 12.9. The van der Waals surface area contributed by atoms with Gasteiger partial charge in [0.15, 0.2) is 5.82 Å². The monoisotopic (exact) mass is 486 g/mol. The van der Waals surface area contributed by atoms with Gasteiger partial charge in [0.25, 0.3) is 0 Å². The van der Waals surface area contributed by atoms with E-state index < -0.39 is 5.82 Å². The lowest BCUT2D eigenvalue weighted by Crippen LogP contribution is -2.44. The Hall–Kier alpha value is -3.36. The third kappa shape index (κ3) is 4.96. The molecule has 0 bridgehead atoms. The van der Waals surface area contributed by atoms with E-state index in [1.54, 1.807) is 6.20 Å². The molecule has 36 heavy (non-hydrogen) atoms. The number of halogens is 1. The van der Waals surface area contributed by atoms with Crippen LogP contribution in [-0.2, 0) is 4.74 Å². The molecule has 1 saturated heterocycles. The molecular weight excluding hydrogens is 455 g/mol. The summed E-state index contributed by atoms with van der Waals surface area (Å²) in [4.78, 5) is 13.3. The summed E-state index contributed by atoms with van der Waals surface area (Å²) < 4.78 is 22.3. The number of anilines is 1. The fourth-order valence-corrected chi connectivity index (χ4v) is 5.36. The van der Waals surface area contributed by atoms with Crippen molar-refractivity contribution in [2.75, 3.05) is 18.5 Å². The van der Waals surface area contributed by atoms with Gasteiger partial charge in [0.2, 0.25) is 5.95 Å². The number of ether oxygens (including phenoxy) is 1. The van der Waals surface area contributed by atoms with Gasteiger partial charge >= 0.3 is 0 Å². The van der Waals surface area contributed by atoms with Crippen molar-refractivity contribution in [1.82, 2.24) is 24.7 Å². The summed E-state index contributed by atoms with van der Waals surface area (Å²) in [6.07, 6.45) is 11.4. The van der Waals surface area contributed by atoms with Crippen molar-refractivity contribution in [3.63, 3.8) is 0 Å². The smallest absolute Gasteiger partial charge is 0.223 e. The van der Waals surface area contributed by atoms with Crippen LogP contribution in [0.1, 0.15) is 38.5 Å². The number of pyridine rings is 1. The standard InChI is InChI=1S/C28H31FN6O/c29-24-16-31-28(33-22-9-7-21(8-10-22)32-23-12-14-36-15-13-23)34-27(24)25-17-30-26-11-6-20(18-35(25)26)19-4-2-1-3-5-19/h1-6,11,16-18,21-23,32H,7-10,12-15H2,(H,31,33,34). The van der Waals surface area contributed by atoms with E-state index in [0.717, 1.165) is 68.5 Å². The van der Waals surface area contributed by atoms with Crippen LogP contribution in [0.4, 0.5) is 10.3 Å². The quantitative estimate of drug-likeness (QED) is 0.395. The lowest BCUT2D eigenvalue weighted by Gasteiger charge is -2.33. The molecule has 0 unspecified atom stereocenters. The highest BCUT2D eigenvalue weighted by atomic mass is 19.1. The predicted molar refractivity (Wildman–Crippen MR) is 138 cm³/mol. The Morgan fingerprint density at radius 2 is 1.56 bits per heavy atom. The second kappa shape index (κ2) is 10.3. The first kappa shape index (κ1) is 23.1. The number of rotatable bonds is 6. The van der Waals surface area contributed by atoms with E-state index in [-0.39, 0.29) is 11.7 Å². The molecule has 8 heteroatoms. The van der Waals surface area contributed by atoms with Crippen LogP contribution in [0.15, 0.2) is 61.1 Å². The minimum Gasteiger partial charge on any atom is -0.381 e. The normalized spacial score (nSPS) is 21.0. The van der Waals surface area contributed by atoms with Crippen LogP contribution < -0.4 is 10.6 Å². The lowest BCUT2D eigenvalue weighted by atomic mass is 9.90. The Bertz CT molecular complexity index is 1310. The largest absolute Gasteiger partial charge is 0.381 e. The SMILES string of the molecule is Fc1cnc(NC2CCC(NC3CCOCC3)CC2)nc1-c1cnc2ccc(-c3ccccc3)cn12. The summed E-state index contributed by atoms with van der Waals surface area (Å²) in [5, 5.41) is 7.27. The maximum Gasteiger partial charge on any atom is 0.223 e. The highest BCUT2D eigenvalue weighted by Gasteiger charge is 2.25. The molecule has 1 aliphatic heterocycles. The summed E-state index contributed by atoms with van der Waals surface area (Å²) >= 11 is 0. The Morgan fingerprint density at radius 1 is 0.806 bits per heavy atom. The minimum atomic E-state index is -0.461. The number of hydrogen-bond acceptors (Lipinski definition) is 6. The Kier molecular flexibility index (Phi) is 6.61. The minimum absolute atomic E-state index is 0.250. The van der Waals surface area contributed by atoms with Gasteiger partial charge in [0, 0.05) is 37.5 Å². The fraction of sp³-hybridized carbons (Fsp3) is 0.393. The second-order valence-corrected chi connectivity index (χ2v) is 9.79. The molecule has 7 nitrogen and oxygen atoms in total. The van der Waals surface area contributed by atoms with Gasteiger partial charge in [0.05, 0.1) is 18.1 Å². The summed E-state index contributed by atoms with van der Waals surface area (Å²) in [7, 11) is 0. The van der Waals surface area contributed by atoms with Crippen molar-refractivity contribution < 1.29 is 9.13 Å². The molecule has 1 aromatic carbocycles. The summed E-state index contributed by atoms with van der Waals surface area (Å²) in [6.45, 7) is 1.72. The number of nitrogens with zero attached hydrogens (tertiary/aromatic N) is 4. The molecule has 0 amide bonds. The Morgan fingerprint density at radius 3 is 2.36 bits per heavy atom. The summed E-state index contributed by atoms with van der Waals surface area (Å²) in [5.74, 6) is -0.00163. The number of imidazole rings is 1. The van der Waals surface area contributed by atoms with Crippen molar-refractivity contribution in [3.8, 4) is 22.5 Å².